The molecule has 30 heavy (non-hydrogen) atoms. The molecule has 0 unspecified atom stereocenters. The minimum absolute atomic E-state index is 0.296. The molecule has 1 heterocycles. The van der Waals surface area contributed by atoms with E-state index in [0.29, 0.717) is 13.2 Å². The zero-order valence-electron chi connectivity index (χ0n) is 17.8. The Hall–Kier alpha value is -3.48. The number of hydrogen-bond acceptors (Lipinski definition) is 4. The van der Waals surface area contributed by atoms with Gasteiger partial charge in [0, 0.05) is 19.4 Å². The minimum Gasteiger partial charge on any atom is -0.497 e. The second-order valence-corrected chi connectivity index (χ2v) is 7.12. The first kappa shape index (κ1) is 21.2. The molecular formula is C23H28N4O3. The molecule has 2 N–H and O–H groups in total. The Morgan fingerprint density at radius 2 is 2.03 bits per heavy atom. The van der Waals surface area contributed by atoms with Crippen LogP contribution in [0.25, 0.3) is 0 Å². The van der Waals surface area contributed by atoms with Crippen molar-refractivity contribution >= 4 is 6.03 Å². The molecule has 0 radical (unpaired) electrons. The van der Waals surface area contributed by atoms with E-state index in [9.17, 15) is 4.79 Å². The molecule has 1 aromatic heterocycles. The first-order valence-corrected chi connectivity index (χ1v) is 9.83. The number of hydrogen-bond donors (Lipinski definition) is 2. The highest BCUT2D eigenvalue weighted by Gasteiger charge is 2.21. The lowest BCUT2D eigenvalue weighted by Crippen LogP contribution is -2.40. The van der Waals surface area contributed by atoms with Gasteiger partial charge in [0.05, 0.1) is 13.7 Å². The van der Waals surface area contributed by atoms with E-state index in [1.54, 1.807) is 13.3 Å². The zero-order chi connectivity index (χ0) is 21.5. The van der Waals surface area contributed by atoms with Gasteiger partial charge in [0.15, 0.2) is 0 Å². The van der Waals surface area contributed by atoms with Crippen molar-refractivity contribution < 1.29 is 14.3 Å². The van der Waals surface area contributed by atoms with Crippen molar-refractivity contribution in [1.29, 1.82) is 0 Å². The smallest absolute Gasteiger partial charge is 0.315 e. The fourth-order valence-electron chi connectivity index (χ4n) is 3.24. The van der Waals surface area contributed by atoms with Gasteiger partial charge in [-0.3, -0.25) is 0 Å². The number of benzene rings is 2. The van der Waals surface area contributed by atoms with E-state index in [0.717, 1.165) is 28.5 Å². The average molecular weight is 409 g/mol. The number of imidazole rings is 1. The highest BCUT2D eigenvalue weighted by Crippen LogP contribution is 2.24. The highest BCUT2D eigenvalue weighted by atomic mass is 16.5. The van der Waals surface area contributed by atoms with E-state index in [4.69, 9.17) is 9.47 Å². The fourth-order valence-corrected chi connectivity index (χ4v) is 3.24. The van der Waals surface area contributed by atoms with E-state index in [2.05, 4.69) is 21.7 Å². The molecule has 3 rings (SSSR count). The lowest BCUT2D eigenvalue weighted by Gasteiger charge is -2.20. The Kier molecular flexibility index (Phi) is 6.95. The minimum atomic E-state index is -0.416. The molecular weight excluding hydrogens is 380 g/mol. The average Bonchev–Trinajstić information content (AvgIpc) is 3.16. The Morgan fingerprint density at radius 3 is 2.73 bits per heavy atom. The van der Waals surface area contributed by atoms with Crippen LogP contribution < -0.4 is 20.1 Å². The summed E-state index contributed by atoms with van der Waals surface area (Å²) < 4.78 is 13.0. The second-order valence-electron chi connectivity index (χ2n) is 7.12. The molecule has 2 aromatic carbocycles. The maximum absolute atomic E-state index is 12.6. The van der Waals surface area contributed by atoms with Crippen LogP contribution in [0.1, 0.15) is 28.6 Å². The van der Waals surface area contributed by atoms with Crippen LogP contribution in [-0.4, -0.2) is 35.8 Å². The van der Waals surface area contributed by atoms with E-state index < -0.39 is 6.04 Å². The third-order valence-electron chi connectivity index (χ3n) is 4.79. The van der Waals surface area contributed by atoms with Crippen molar-refractivity contribution in [2.24, 2.45) is 7.05 Å². The molecule has 0 bridgehead atoms. The number of methoxy groups -OCH3 is 1. The Bertz CT molecular complexity index is 1000. The standard InChI is InChI=1S/C23H28N4O3/c1-16-8-9-20(17(2)14-16)30-13-11-25-23(28)26-21(22-24-10-12-27(22)3)18-6-5-7-19(15-18)29-4/h5-10,12,14-15,21H,11,13H2,1-4H3,(H2,25,26,28)/t21-/m0/s1. The van der Waals surface area contributed by atoms with Gasteiger partial charge in [-0.2, -0.15) is 0 Å². The maximum Gasteiger partial charge on any atom is 0.315 e. The summed E-state index contributed by atoms with van der Waals surface area (Å²) in [6.07, 6.45) is 3.56. The number of urea groups is 1. The van der Waals surface area contributed by atoms with Crippen LogP contribution in [0.3, 0.4) is 0 Å². The first-order chi connectivity index (χ1) is 14.5. The fraction of sp³-hybridized carbons (Fsp3) is 0.304. The van der Waals surface area contributed by atoms with Crippen LogP contribution in [-0.2, 0) is 7.05 Å². The summed E-state index contributed by atoms with van der Waals surface area (Å²) in [7, 11) is 3.51. The summed E-state index contributed by atoms with van der Waals surface area (Å²) in [6, 6.07) is 12.9. The number of carbonyl (C=O) groups excluding carboxylic acids is 1. The summed E-state index contributed by atoms with van der Waals surface area (Å²) in [6.45, 7) is 4.81. The number of rotatable bonds is 8. The van der Waals surface area contributed by atoms with Crippen LogP contribution in [0, 0.1) is 13.8 Å². The van der Waals surface area contributed by atoms with Crippen molar-refractivity contribution in [3.05, 3.63) is 77.4 Å². The molecule has 1 atom stereocenters. The predicted molar refractivity (Wildman–Crippen MR) is 116 cm³/mol. The predicted octanol–water partition coefficient (Wildman–Crippen LogP) is 3.51. The van der Waals surface area contributed by atoms with Gasteiger partial charge in [-0.1, -0.05) is 29.8 Å². The summed E-state index contributed by atoms with van der Waals surface area (Å²) in [5.41, 5.74) is 3.15. The van der Waals surface area contributed by atoms with Gasteiger partial charge in [0.25, 0.3) is 0 Å². The quantitative estimate of drug-likeness (QED) is 0.559. The largest absolute Gasteiger partial charge is 0.497 e. The van der Waals surface area contributed by atoms with Gasteiger partial charge in [-0.25, -0.2) is 9.78 Å². The maximum atomic E-state index is 12.6. The molecule has 158 valence electrons. The lowest BCUT2D eigenvalue weighted by molar-refractivity contribution is 0.233. The van der Waals surface area contributed by atoms with E-state index in [-0.39, 0.29) is 6.03 Å². The number of nitrogens with one attached hydrogen (secondary N) is 2. The van der Waals surface area contributed by atoms with Crippen molar-refractivity contribution in [2.75, 3.05) is 20.3 Å². The van der Waals surface area contributed by atoms with Gasteiger partial charge >= 0.3 is 6.03 Å². The molecule has 7 heteroatoms. The van der Waals surface area contributed by atoms with Gasteiger partial charge in [-0.15, -0.1) is 0 Å². The number of aromatic nitrogens is 2. The number of amides is 2. The van der Waals surface area contributed by atoms with Crippen LogP contribution in [0.4, 0.5) is 4.79 Å². The van der Waals surface area contributed by atoms with Crippen LogP contribution >= 0.6 is 0 Å². The topological polar surface area (TPSA) is 77.4 Å². The van der Waals surface area contributed by atoms with Crippen molar-refractivity contribution in [1.82, 2.24) is 20.2 Å². The molecule has 0 saturated carbocycles. The molecule has 0 fully saturated rings. The molecule has 0 aliphatic rings. The highest BCUT2D eigenvalue weighted by molar-refractivity contribution is 5.74. The van der Waals surface area contributed by atoms with Crippen molar-refractivity contribution in [3.63, 3.8) is 0 Å². The molecule has 0 spiro atoms. The molecule has 3 aromatic rings. The summed E-state index contributed by atoms with van der Waals surface area (Å²) >= 11 is 0. The van der Waals surface area contributed by atoms with Gasteiger partial charge in [0.2, 0.25) is 0 Å². The number of carbonyl (C=O) groups is 1. The summed E-state index contributed by atoms with van der Waals surface area (Å²) in [4.78, 5) is 17.0. The van der Waals surface area contributed by atoms with Crippen LogP contribution in [0.2, 0.25) is 0 Å². The third kappa shape index (κ3) is 5.31. The Balaban J connectivity index is 1.61. The molecule has 0 saturated heterocycles. The number of aryl methyl sites for hydroxylation is 3. The Labute approximate surface area is 177 Å². The van der Waals surface area contributed by atoms with E-state index in [1.807, 2.05) is 68.1 Å². The molecule has 7 nitrogen and oxygen atoms in total. The zero-order valence-corrected chi connectivity index (χ0v) is 17.8. The number of ether oxygens (including phenoxy) is 2. The SMILES string of the molecule is COc1cccc([C@H](NC(=O)NCCOc2ccc(C)cc2C)c2nccn2C)c1. The van der Waals surface area contributed by atoms with Crippen molar-refractivity contribution in [3.8, 4) is 11.5 Å². The van der Waals surface area contributed by atoms with Gasteiger partial charge < -0.3 is 24.7 Å². The Morgan fingerprint density at radius 1 is 1.20 bits per heavy atom. The van der Waals surface area contributed by atoms with Gasteiger partial charge in [-0.05, 0) is 43.2 Å². The van der Waals surface area contributed by atoms with Gasteiger partial charge in [0.1, 0.15) is 30.0 Å². The van der Waals surface area contributed by atoms with E-state index >= 15 is 0 Å². The molecule has 0 aliphatic heterocycles. The molecule has 2 amide bonds. The van der Waals surface area contributed by atoms with Crippen LogP contribution in [0.5, 0.6) is 11.5 Å². The molecule has 0 aliphatic carbocycles. The third-order valence-corrected chi connectivity index (χ3v) is 4.79. The number of nitrogens with zero attached hydrogens (tertiary/aromatic N) is 2. The second kappa shape index (κ2) is 9.82. The summed E-state index contributed by atoms with van der Waals surface area (Å²) in [5, 5.41) is 5.85. The van der Waals surface area contributed by atoms with Crippen LogP contribution in [0.15, 0.2) is 54.9 Å². The normalized spacial score (nSPS) is 11.6. The van der Waals surface area contributed by atoms with E-state index in [1.165, 1.54) is 5.56 Å². The van der Waals surface area contributed by atoms with Crippen molar-refractivity contribution in [2.45, 2.75) is 19.9 Å². The first-order valence-electron chi connectivity index (χ1n) is 9.83. The summed E-state index contributed by atoms with van der Waals surface area (Å²) in [5.74, 6) is 2.27. The monoisotopic (exact) mass is 408 g/mol. The lowest BCUT2D eigenvalue weighted by atomic mass is 10.1.